The predicted molar refractivity (Wildman–Crippen MR) is 111 cm³/mol. The maximum Gasteiger partial charge on any atom is 0.305 e. The molecule has 2 heterocycles. The van der Waals surface area contributed by atoms with Gasteiger partial charge in [-0.3, -0.25) is 4.79 Å². The van der Waals surface area contributed by atoms with Gasteiger partial charge in [-0.05, 0) is 47.4 Å². The van der Waals surface area contributed by atoms with E-state index in [-0.39, 0.29) is 10.6 Å². The van der Waals surface area contributed by atoms with Gasteiger partial charge >= 0.3 is 4.87 Å². The molecule has 0 bridgehead atoms. The van der Waals surface area contributed by atoms with Gasteiger partial charge < -0.3 is 4.98 Å². The molecule has 2 aromatic carbocycles. The van der Waals surface area contributed by atoms with Gasteiger partial charge in [0.25, 0.3) is 0 Å². The van der Waals surface area contributed by atoms with Crippen LogP contribution >= 0.6 is 22.9 Å². The molecule has 1 aromatic heterocycles. The highest BCUT2D eigenvalue weighted by molar-refractivity contribution is 7.88. The molecule has 1 aliphatic rings. The van der Waals surface area contributed by atoms with E-state index in [0.29, 0.717) is 24.5 Å². The van der Waals surface area contributed by atoms with E-state index in [2.05, 4.69) is 4.98 Å². The summed E-state index contributed by atoms with van der Waals surface area (Å²) in [5, 5.41) is 0.589. The van der Waals surface area contributed by atoms with Gasteiger partial charge in [-0.15, -0.1) is 0 Å². The molecule has 0 fully saturated rings. The minimum Gasteiger partial charge on any atom is -0.312 e. The molecule has 1 aliphatic heterocycles. The summed E-state index contributed by atoms with van der Waals surface area (Å²) in [4.78, 5) is 14.2. The standard InChI is InChI=1S/C19H17ClN2O3S2/c20-16-4-1-13(2-5-16)12-27(24,25)22-9-7-14(8-10-22)15-3-6-17-18(11-15)26-19(23)21-17/h1-7,11H,8-10,12H2,(H,21,23). The Labute approximate surface area is 166 Å². The summed E-state index contributed by atoms with van der Waals surface area (Å²) in [6.07, 6.45) is 2.60. The van der Waals surface area contributed by atoms with E-state index in [1.807, 2.05) is 24.3 Å². The van der Waals surface area contributed by atoms with Crippen molar-refractivity contribution in [1.82, 2.24) is 9.29 Å². The van der Waals surface area contributed by atoms with Gasteiger partial charge in [-0.25, -0.2) is 8.42 Å². The van der Waals surface area contributed by atoms with Crippen LogP contribution in [0.2, 0.25) is 5.02 Å². The second-order valence-corrected chi connectivity index (χ2v) is 9.87. The Hall–Kier alpha value is -1.93. The summed E-state index contributed by atoms with van der Waals surface area (Å²) in [7, 11) is -3.38. The molecule has 1 N–H and O–H groups in total. The van der Waals surface area contributed by atoms with E-state index in [1.54, 1.807) is 24.3 Å². The van der Waals surface area contributed by atoms with Gasteiger partial charge in [-0.2, -0.15) is 4.31 Å². The number of rotatable bonds is 4. The van der Waals surface area contributed by atoms with E-state index < -0.39 is 10.0 Å². The maximum atomic E-state index is 12.7. The molecular weight excluding hydrogens is 404 g/mol. The molecule has 5 nitrogen and oxygen atoms in total. The lowest BCUT2D eigenvalue weighted by atomic mass is 10.0. The van der Waals surface area contributed by atoms with Crippen LogP contribution in [0.3, 0.4) is 0 Å². The van der Waals surface area contributed by atoms with Crippen LogP contribution in [0.4, 0.5) is 0 Å². The van der Waals surface area contributed by atoms with Crippen LogP contribution in [-0.2, 0) is 15.8 Å². The highest BCUT2D eigenvalue weighted by atomic mass is 35.5. The molecule has 27 heavy (non-hydrogen) atoms. The Morgan fingerprint density at radius 1 is 1.15 bits per heavy atom. The van der Waals surface area contributed by atoms with Crippen molar-refractivity contribution in [2.24, 2.45) is 0 Å². The number of nitrogens with zero attached hydrogens (tertiary/aromatic N) is 1. The first-order valence-electron chi connectivity index (χ1n) is 8.45. The number of fused-ring (bicyclic) bond motifs is 1. The van der Waals surface area contributed by atoms with E-state index in [0.717, 1.165) is 26.9 Å². The molecule has 0 unspecified atom stereocenters. The summed E-state index contributed by atoms with van der Waals surface area (Å²) in [6.45, 7) is 0.801. The summed E-state index contributed by atoms with van der Waals surface area (Å²) < 4.78 is 27.8. The van der Waals surface area contributed by atoms with Crippen LogP contribution in [0.15, 0.2) is 53.3 Å². The molecular formula is C19H17ClN2O3S2. The van der Waals surface area contributed by atoms with Crippen molar-refractivity contribution in [3.05, 3.63) is 74.4 Å². The minimum atomic E-state index is -3.38. The molecule has 0 atom stereocenters. The molecule has 0 amide bonds. The zero-order valence-electron chi connectivity index (χ0n) is 14.3. The van der Waals surface area contributed by atoms with Gasteiger partial charge in [0.1, 0.15) is 0 Å². The Morgan fingerprint density at radius 2 is 1.93 bits per heavy atom. The monoisotopic (exact) mass is 420 g/mol. The van der Waals surface area contributed by atoms with Crippen LogP contribution in [0, 0.1) is 0 Å². The number of aromatic amines is 1. The second kappa shape index (κ2) is 7.24. The summed E-state index contributed by atoms with van der Waals surface area (Å²) >= 11 is 7.04. The first-order valence-corrected chi connectivity index (χ1v) is 11.3. The van der Waals surface area contributed by atoms with Crippen molar-refractivity contribution < 1.29 is 8.42 Å². The van der Waals surface area contributed by atoms with Crippen molar-refractivity contribution in [3.8, 4) is 0 Å². The molecule has 0 spiro atoms. The lowest BCUT2D eigenvalue weighted by molar-refractivity contribution is 0.440. The molecule has 0 aliphatic carbocycles. The van der Waals surface area contributed by atoms with Gasteiger partial charge in [-0.1, -0.05) is 47.2 Å². The molecule has 4 rings (SSSR count). The fourth-order valence-electron chi connectivity index (χ4n) is 3.19. The molecule has 140 valence electrons. The van der Waals surface area contributed by atoms with Crippen LogP contribution in [-0.4, -0.2) is 30.8 Å². The smallest absolute Gasteiger partial charge is 0.305 e. The number of H-pyrrole nitrogens is 1. The summed E-state index contributed by atoms with van der Waals surface area (Å²) in [6, 6.07) is 12.7. The normalized spacial score (nSPS) is 15.8. The number of halogens is 1. The van der Waals surface area contributed by atoms with Crippen molar-refractivity contribution in [3.63, 3.8) is 0 Å². The van der Waals surface area contributed by atoms with E-state index >= 15 is 0 Å². The number of thiazole rings is 1. The summed E-state index contributed by atoms with van der Waals surface area (Å²) in [5.41, 5.74) is 3.70. The lowest BCUT2D eigenvalue weighted by Gasteiger charge is -2.26. The largest absolute Gasteiger partial charge is 0.312 e. The average Bonchev–Trinajstić information content (AvgIpc) is 3.03. The average molecular weight is 421 g/mol. The first kappa shape index (κ1) is 18.4. The first-order chi connectivity index (χ1) is 12.9. The molecule has 0 radical (unpaired) electrons. The number of sulfonamides is 1. The number of nitrogens with one attached hydrogen (secondary N) is 1. The SMILES string of the molecule is O=c1[nH]c2ccc(C3=CCN(S(=O)(=O)Cc4ccc(Cl)cc4)CC3)cc2s1. The van der Waals surface area contributed by atoms with Gasteiger partial charge in [0.2, 0.25) is 10.0 Å². The van der Waals surface area contributed by atoms with Crippen LogP contribution < -0.4 is 4.87 Å². The third kappa shape index (κ3) is 4.01. The molecule has 0 saturated heterocycles. The Balaban J connectivity index is 1.51. The zero-order chi connectivity index (χ0) is 19.0. The molecule has 0 saturated carbocycles. The highest BCUT2D eigenvalue weighted by Gasteiger charge is 2.25. The van der Waals surface area contributed by atoms with Crippen molar-refractivity contribution in [2.75, 3.05) is 13.1 Å². The van der Waals surface area contributed by atoms with Crippen LogP contribution in [0.1, 0.15) is 17.5 Å². The number of hydrogen-bond donors (Lipinski definition) is 1. The fourth-order valence-corrected chi connectivity index (χ4v) is 5.56. The molecule has 8 heteroatoms. The van der Waals surface area contributed by atoms with E-state index in [9.17, 15) is 13.2 Å². The quantitative estimate of drug-likeness (QED) is 0.696. The molecule has 3 aromatic rings. The topological polar surface area (TPSA) is 70.2 Å². The van der Waals surface area contributed by atoms with Gasteiger partial charge in [0.05, 0.1) is 16.0 Å². The highest BCUT2D eigenvalue weighted by Crippen LogP contribution is 2.27. The van der Waals surface area contributed by atoms with Gasteiger partial charge in [0, 0.05) is 18.1 Å². The zero-order valence-corrected chi connectivity index (χ0v) is 16.7. The van der Waals surface area contributed by atoms with Crippen molar-refractivity contribution >= 4 is 48.8 Å². The van der Waals surface area contributed by atoms with E-state index in [4.69, 9.17) is 11.6 Å². The second-order valence-electron chi connectivity index (χ2n) is 6.45. The predicted octanol–water partition coefficient (Wildman–Crippen LogP) is 3.86. The number of hydrogen-bond acceptors (Lipinski definition) is 4. The maximum absolute atomic E-state index is 12.7. The van der Waals surface area contributed by atoms with Crippen LogP contribution in [0.25, 0.3) is 15.8 Å². The number of aromatic nitrogens is 1. The third-order valence-electron chi connectivity index (χ3n) is 4.62. The van der Waals surface area contributed by atoms with Gasteiger partial charge in [0.15, 0.2) is 0 Å². The Bertz CT molecular complexity index is 1180. The minimum absolute atomic E-state index is 0.0311. The Morgan fingerprint density at radius 3 is 2.63 bits per heavy atom. The third-order valence-corrected chi connectivity index (χ3v) is 7.53. The van der Waals surface area contributed by atoms with Crippen LogP contribution in [0.5, 0.6) is 0 Å². The van der Waals surface area contributed by atoms with Crippen molar-refractivity contribution in [2.45, 2.75) is 12.2 Å². The number of benzene rings is 2. The lowest BCUT2D eigenvalue weighted by Crippen LogP contribution is -2.35. The van der Waals surface area contributed by atoms with Crippen molar-refractivity contribution in [1.29, 1.82) is 0 Å². The Kier molecular flexibility index (Phi) is 4.94. The summed E-state index contributed by atoms with van der Waals surface area (Å²) in [5.74, 6) is -0.0311. The van der Waals surface area contributed by atoms with E-state index in [1.165, 1.54) is 15.6 Å². The fraction of sp³-hybridized carbons (Fsp3) is 0.211.